The minimum absolute atomic E-state index is 0.0371. The summed E-state index contributed by atoms with van der Waals surface area (Å²) in [6, 6.07) is 19.9. The first-order chi connectivity index (χ1) is 16.0. The second-order valence-electron chi connectivity index (χ2n) is 9.44. The molecule has 0 N–H and O–H groups in total. The maximum atomic E-state index is 14.2. The molecule has 0 amide bonds. The number of nitrogens with zero attached hydrogens (tertiary/aromatic N) is 1. The molecule has 34 heavy (non-hydrogen) atoms. The summed E-state index contributed by atoms with van der Waals surface area (Å²) in [5.74, 6) is -0.563. The molecule has 0 bridgehead atoms. The van der Waals surface area contributed by atoms with Crippen LogP contribution in [0.1, 0.15) is 43.7 Å². The van der Waals surface area contributed by atoms with Crippen LogP contribution >= 0.6 is 0 Å². The van der Waals surface area contributed by atoms with E-state index in [2.05, 4.69) is 27.4 Å². The summed E-state index contributed by atoms with van der Waals surface area (Å²) in [5.41, 5.74) is 0.483. The van der Waals surface area contributed by atoms with Crippen LogP contribution in [-0.4, -0.2) is 39.0 Å². The average Bonchev–Trinajstić information content (AvgIpc) is 3.15. The molecular weight excluding hydrogens is 462 g/mol. The lowest BCUT2D eigenvalue weighted by Gasteiger charge is -2.43. The van der Waals surface area contributed by atoms with E-state index >= 15 is 0 Å². The van der Waals surface area contributed by atoms with Crippen molar-refractivity contribution in [3.05, 3.63) is 84.7 Å². The molecule has 3 rings (SSSR count). The Bertz CT molecular complexity index is 1230. The van der Waals surface area contributed by atoms with Crippen LogP contribution in [0.5, 0.6) is 0 Å². The Labute approximate surface area is 204 Å². The summed E-state index contributed by atoms with van der Waals surface area (Å²) in [7, 11) is -5.08. The number of benzene rings is 2. The van der Waals surface area contributed by atoms with Crippen LogP contribution in [0.25, 0.3) is 6.08 Å². The van der Waals surface area contributed by atoms with Crippen molar-refractivity contribution in [3.63, 3.8) is 0 Å². The zero-order valence-electron chi connectivity index (χ0n) is 20.5. The van der Waals surface area contributed by atoms with Crippen LogP contribution in [-0.2, 0) is 21.6 Å². The summed E-state index contributed by atoms with van der Waals surface area (Å²) in [4.78, 5) is 12.7. The summed E-state index contributed by atoms with van der Waals surface area (Å²) >= 11 is 0. The number of sulfone groups is 1. The van der Waals surface area contributed by atoms with Crippen molar-refractivity contribution < 1.29 is 17.9 Å². The highest BCUT2D eigenvalue weighted by molar-refractivity contribution is 7.93. The Morgan fingerprint density at radius 2 is 1.53 bits per heavy atom. The molecule has 0 unspecified atom stereocenters. The lowest BCUT2D eigenvalue weighted by Crippen LogP contribution is -2.68. The molecule has 0 saturated carbocycles. The number of carbonyl (C=O) groups excluding carboxylic acids is 1. The number of esters is 1. The molecular formula is C27H33NO4SSi. The minimum Gasteiger partial charge on any atom is -0.461 e. The molecule has 0 saturated heterocycles. The van der Waals surface area contributed by atoms with E-state index < -0.39 is 23.9 Å². The van der Waals surface area contributed by atoms with Crippen molar-refractivity contribution in [2.75, 3.05) is 12.0 Å². The molecule has 0 aliphatic heterocycles. The molecule has 1 heterocycles. The normalized spacial score (nSPS) is 12.4. The number of rotatable bonds is 8. The third-order valence-electron chi connectivity index (χ3n) is 6.41. The molecule has 5 nitrogen and oxygen atoms in total. The fourth-order valence-electron chi connectivity index (χ4n) is 4.74. The van der Waals surface area contributed by atoms with Gasteiger partial charge in [0.1, 0.15) is 13.8 Å². The second kappa shape index (κ2) is 9.76. The first kappa shape index (κ1) is 25.7. The third-order valence-corrected chi connectivity index (χ3v) is 15.9. The van der Waals surface area contributed by atoms with Crippen molar-refractivity contribution in [3.8, 4) is 0 Å². The minimum atomic E-state index is -3.83. The summed E-state index contributed by atoms with van der Waals surface area (Å²) in [6.07, 6.45) is 2.95. The van der Waals surface area contributed by atoms with Crippen molar-refractivity contribution in [2.24, 2.45) is 7.05 Å². The second-order valence-corrected chi connectivity index (χ2v) is 16.7. The molecule has 0 radical (unpaired) electrons. The van der Waals surface area contributed by atoms with E-state index in [1.54, 1.807) is 14.0 Å². The molecule has 1 aromatic heterocycles. The lowest BCUT2D eigenvalue weighted by molar-refractivity contribution is 0.0515. The van der Waals surface area contributed by atoms with Crippen LogP contribution in [0, 0.1) is 0 Å². The topological polar surface area (TPSA) is 65.4 Å². The van der Waals surface area contributed by atoms with Crippen LogP contribution < -0.4 is 10.4 Å². The number of hydrogen-bond acceptors (Lipinski definition) is 4. The predicted octanol–water partition coefficient (Wildman–Crippen LogP) is 4.22. The van der Waals surface area contributed by atoms with Gasteiger partial charge in [0.2, 0.25) is 0 Å². The van der Waals surface area contributed by atoms with E-state index in [4.69, 9.17) is 4.74 Å². The molecule has 180 valence electrons. The standard InChI is InChI=1S/C27H33NO4SSi/c1-7-23-24(19-28(6)25(23)26(29)32-8-2)33(30,31)20-34(27(3,4)5,21-15-11-9-12-16-21)22-17-13-10-14-18-22/h7,9-19H,1,8,20H2,2-6H3. The molecule has 2 aromatic carbocycles. The highest BCUT2D eigenvalue weighted by Gasteiger charge is 2.51. The Kier molecular flexibility index (Phi) is 7.38. The average molecular weight is 496 g/mol. The monoisotopic (exact) mass is 495 g/mol. The Morgan fingerprint density at radius 1 is 1.03 bits per heavy atom. The highest BCUT2D eigenvalue weighted by atomic mass is 32.2. The van der Waals surface area contributed by atoms with Gasteiger partial charge in [-0.1, -0.05) is 104 Å². The smallest absolute Gasteiger partial charge is 0.355 e. The molecule has 0 fully saturated rings. The maximum absolute atomic E-state index is 14.2. The molecule has 0 aliphatic carbocycles. The Balaban J connectivity index is 2.29. The van der Waals surface area contributed by atoms with Crippen molar-refractivity contribution in [1.29, 1.82) is 0 Å². The molecule has 3 aromatic rings. The van der Waals surface area contributed by atoms with Gasteiger partial charge in [-0.15, -0.1) is 0 Å². The van der Waals surface area contributed by atoms with E-state index in [9.17, 15) is 13.2 Å². The van der Waals surface area contributed by atoms with Crippen LogP contribution in [0.15, 0.2) is 78.3 Å². The van der Waals surface area contributed by atoms with Gasteiger partial charge in [0.15, 0.2) is 9.84 Å². The van der Waals surface area contributed by atoms with E-state index in [0.717, 1.165) is 10.4 Å². The van der Waals surface area contributed by atoms with Crippen molar-refractivity contribution >= 4 is 40.3 Å². The maximum Gasteiger partial charge on any atom is 0.355 e. The Hall–Kier alpha value is -2.90. The lowest BCUT2D eigenvalue weighted by atomic mass is 10.2. The van der Waals surface area contributed by atoms with Gasteiger partial charge >= 0.3 is 5.97 Å². The first-order valence-corrected chi connectivity index (χ1v) is 15.2. The van der Waals surface area contributed by atoms with E-state index in [1.165, 1.54) is 16.8 Å². The molecule has 0 atom stereocenters. The van der Waals surface area contributed by atoms with Gasteiger partial charge in [-0.3, -0.25) is 0 Å². The predicted molar refractivity (Wildman–Crippen MR) is 141 cm³/mol. The quantitative estimate of drug-likeness (QED) is 0.347. The van der Waals surface area contributed by atoms with Gasteiger partial charge < -0.3 is 9.30 Å². The fraction of sp³-hybridized carbons (Fsp3) is 0.296. The Morgan fingerprint density at radius 3 is 1.94 bits per heavy atom. The van der Waals surface area contributed by atoms with E-state index in [-0.39, 0.29) is 27.6 Å². The summed E-state index contributed by atoms with van der Waals surface area (Å²) in [5, 5.41) is 1.75. The van der Waals surface area contributed by atoms with Gasteiger partial charge in [0.05, 0.1) is 16.9 Å². The number of aryl methyl sites for hydroxylation is 1. The number of hydrogen-bond donors (Lipinski definition) is 0. The van der Waals surface area contributed by atoms with E-state index in [0.29, 0.717) is 5.56 Å². The van der Waals surface area contributed by atoms with Gasteiger partial charge in [-0.25, -0.2) is 13.2 Å². The molecule has 7 heteroatoms. The zero-order valence-corrected chi connectivity index (χ0v) is 22.4. The number of aromatic nitrogens is 1. The molecule has 0 spiro atoms. The highest BCUT2D eigenvalue weighted by Crippen LogP contribution is 2.38. The summed E-state index contributed by atoms with van der Waals surface area (Å²) in [6.45, 7) is 12.1. The van der Waals surface area contributed by atoms with Crippen molar-refractivity contribution in [2.45, 2.75) is 37.6 Å². The largest absolute Gasteiger partial charge is 0.461 e. The third kappa shape index (κ3) is 4.54. The first-order valence-electron chi connectivity index (χ1n) is 11.3. The van der Waals surface area contributed by atoms with Gasteiger partial charge in [-0.2, -0.15) is 0 Å². The van der Waals surface area contributed by atoms with Gasteiger partial charge in [-0.05, 0) is 12.0 Å². The van der Waals surface area contributed by atoms with Gasteiger partial charge in [0.25, 0.3) is 0 Å². The SMILES string of the molecule is C=Cc1c(S(=O)(=O)C[Si](c2ccccc2)(c2ccccc2)C(C)(C)C)cn(C)c1C(=O)OCC. The van der Waals surface area contributed by atoms with Crippen LogP contribution in [0.4, 0.5) is 0 Å². The zero-order chi connectivity index (χ0) is 25.1. The molecule has 0 aliphatic rings. The van der Waals surface area contributed by atoms with E-state index in [1.807, 2.05) is 60.7 Å². The fourth-order valence-corrected chi connectivity index (χ4v) is 15.1. The number of carbonyl (C=O) groups is 1. The van der Waals surface area contributed by atoms with Gasteiger partial charge in [0, 0.05) is 18.8 Å². The van der Waals surface area contributed by atoms with Crippen molar-refractivity contribution in [1.82, 2.24) is 4.57 Å². The van der Waals surface area contributed by atoms with Crippen LogP contribution in [0.3, 0.4) is 0 Å². The summed E-state index contributed by atoms with van der Waals surface area (Å²) < 4.78 is 35.1. The van der Waals surface area contributed by atoms with Crippen LogP contribution in [0.2, 0.25) is 5.04 Å². The number of ether oxygens (including phenoxy) is 1.